The molecule has 1 aromatic heterocycles. The summed E-state index contributed by atoms with van der Waals surface area (Å²) in [6, 6.07) is 8.98. The van der Waals surface area contributed by atoms with E-state index in [2.05, 4.69) is 34.0 Å². The van der Waals surface area contributed by atoms with E-state index in [0.717, 1.165) is 19.9 Å². The highest BCUT2D eigenvalue weighted by atomic mass is 127. The molecule has 2 aromatic rings. The van der Waals surface area contributed by atoms with Crippen LogP contribution in [0.4, 0.5) is 4.79 Å². The second-order valence-corrected chi connectivity index (χ2v) is 10.2. The van der Waals surface area contributed by atoms with Gasteiger partial charge >= 0.3 is 6.03 Å². The van der Waals surface area contributed by atoms with Crippen LogP contribution in [0.1, 0.15) is 22.9 Å². The molecule has 3 amide bonds. The van der Waals surface area contributed by atoms with E-state index in [-0.39, 0.29) is 19.1 Å². The van der Waals surface area contributed by atoms with Crippen molar-refractivity contribution in [2.75, 3.05) is 13.2 Å². The predicted octanol–water partition coefficient (Wildman–Crippen LogP) is 3.78. The number of nitrogens with one attached hydrogen (secondary N) is 1. The maximum Gasteiger partial charge on any atom is 0.325 e. The number of amides is 3. The number of amidine groups is 1. The Morgan fingerprint density at radius 3 is 2.79 bits per heavy atom. The summed E-state index contributed by atoms with van der Waals surface area (Å²) >= 11 is 3.82. The Morgan fingerprint density at radius 1 is 1.24 bits per heavy atom. The van der Waals surface area contributed by atoms with Crippen LogP contribution in [0, 0.1) is 0 Å². The summed E-state index contributed by atoms with van der Waals surface area (Å²) < 4.78 is 6.48. The third kappa shape index (κ3) is 4.57. The van der Waals surface area contributed by atoms with Crippen molar-refractivity contribution in [3.63, 3.8) is 0 Å². The van der Waals surface area contributed by atoms with E-state index in [1.165, 1.54) is 4.90 Å². The van der Waals surface area contributed by atoms with Crippen molar-refractivity contribution in [1.82, 2.24) is 10.2 Å². The van der Waals surface area contributed by atoms with Crippen LogP contribution in [0.25, 0.3) is 0 Å². The second kappa shape index (κ2) is 9.80. The van der Waals surface area contributed by atoms with Crippen LogP contribution < -0.4 is 10.1 Å². The number of thiophene rings is 1. The van der Waals surface area contributed by atoms with Gasteiger partial charge in [-0.25, -0.2) is 14.8 Å². The molecule has 174 valence electrons. The van der Waals surface area contributed by atoms with Crippen molar-refractivity contribution in [3.8, 4) is 5.75 Å². The quantitative estimate of drug-likeness (QED) is 0.362. The number of urea groups is 1. The van der Waals surface area contributed by atoms with Crippen LogP contribution in [0.5, 0.6) is 5.75 Å². The Hall–Kier alpha value is -2.83. The highest BCUT2D eigenvalue weighted by molar-refractivity contribution is 14.1. The van der Waals surface area contributed by atoms with Gasteiger partial charge in [0.1, 0.15) is 24.4 Å². The zero-order chi connectivity index (χ0) is 23.7. The number of benzene rings is 1. The first kappa shape index (κ1) is 22.9. The van der Waals surface area contributed by atoms with Crippen LogP contribution in [-0.2, 0) is 11.2 Å². The Morgan fingerprint density at radius 2 is 2.06 bits per heavy atom. The topological polar surface area (TPSA) is 104 Å². The Labute approximate surface area is 213 Å². The smallest absolute Gasteiger partial charge is 0.325 e. The lowest BCUT2D eigenvalue weighted by Crippen LogP contribution is -2.46. The molecule has 0 radical (unpaired) electrons. The van der Waals surface area contributed by atoms with Gasteiger partial charge in [-0.1, -0.05) is 24.3 Å². The fourth-order valence-electron chi connectivity index (χ4n) is 4.06. The minimum absolute atomic E-state index is 0.0836. The molecule has 1 saturated heterocycles. The van der Waals surface area contributed by atoms with Gasteiger partial charge in [0.25, 0.3) is 5.91 Å². The first-order chi connectivity index (χ1) is 16.5. The summed E-state index contributed by atoms with van der Waals surface area (Å²) in [7, 11) is 0. The van der Waals surface area contributed by atoms with Gasteiger partial charge in [-0.3, -0.25) is 9.69 Å². The van der Waals surface area contributed by atoms with Crippen molar-refractivity contribution in [2.45, 2.75) is 24.9 Å². The number of aliphatic hydroxyl groups is 1. The van der Waals surface area contributed by atoms with E-state index in [0.29, 0.717) is 30.0 Å². The van der Waals surface area contributed by atoms with Gasteiger partial charge < -0.3 is 15.2 Å². The first-order valence-corrected chi connectivity index (χ1v) is 12.7. The molecule has 2 aliphatic heterocycles. The third-order valence-electron chi connectivity index (χ3n) is 5.67. The fraction of sp³-hybridized carbons (Fsp3) is 0.250. The van der Waals surface area contributed by atoms with Gasteiger partial charge in [0.15, 0.2) is 5.84 Å². The monoisotopic (exact) mass is 588 g/mol. The van der Waals surface area contributed by atoms with E-state index in [1.54, 1.807) is 35.6 Å². The summed E-state index contributed by atoms with van der Waals surface area (Å²) in [5, 5.41) is 13.7. The summed E-state index contributed by atoms with van der Waals surface area (Å²) in [5.74, 6) is 0.721. The van der Waals surface area contributed by atoms with E-state index < -0.39 is 18.1 Å². The number of rotatable bonds is 8. The van der Waals surface area contributed by atoms with Crippen LogP contribution >= 0.6 is 33.9 Å². The summed E-state index contributed by atoms with van der Waals surface area (Å²) in [6.07, 6.45) is 5.17. The minimum atomic E-state index is -0.802. The number of aliphatic hydroxyl groups excluding tert-OH is 1. The van der Waals surface area contributed by atoms with E-state index in [4.69, 9.17) is 19.8 Å². The molecule has 2 N–H and O–H groups in total. The minimum Gasteiger partial charge on any atom is -0.491 e. The average molecular weight is 588 g/mol. The Bertz CT molecular complexity index is 1230. The maximum absolute atomic E-state index is 13.5. The molecule has 1 aliphatic carbocycles. The first-order valence-electron chi connectivity index (χ1n) is 10.8. The van der Waals surface area contributed by atoms with Gasteiger partial charge in [0.05, 0.1) is 18.0 Å². The molecule has 3 heterocycles. The second-order valence-electron chi connectivity index (χ2n) is 7.88. The number of nitrogens with zero attached hydrogens (tertiary/aromatic N) is 3. The number of allylic oxidation sites excluding steroid dienone is 4. The fourth-order valence-corrected chi connectivity index (χ4v) is 5.32. The molecular weight excluding hydrogens is 567 g/mol. The molecule has 8 nitrogen and oxygen atoms in total. The van der Waals surface area contributed by atoms with Gasteiger partial charge in [-0.05, 0) is 57.8 Å². The van der Waals surface area contributed by atoms with Crippen molar-refractivity contribution in [1.29, 1.82) is 0 Å². The summed E-state index contributed by atoms with van der Waals surface area (Å²) in [5.41, 5.74) is 2.30. The lowest BCUT2D eigenvalue weighted by molar-refractivity contribution is -0.128. The average Bonchev–Trinajstić information content (AvgIpc) is 3.56. The number of aliphatic imine (C=N–C) groups is 2. The normalized spacial score (nSPS) is 20.3. The molecule has 3 aliphatic rings. The number of ether oxygens (including phenoxy) is 1. The zero-order valence-corrected chi connectivity index (χ0v) is 21.0. The van der Waals surface area contributed by atoms with Crippen LogP contribution in [0.15, 0.2) is 73.2 Å². The van der Waals surface area contributed by atoms with Crippen LogP contribution in [0.3, 0.4) is 0 Å². The van der Waals surface area contributed by atoms with Crippen molar-refractivity contribution >= 4 is 57.4 Å². The number of halogens is 1. The molecule has 10 heteroatoms. The molecule has 0 saturated carbocycles. The lowest BCUT2D eigenvalue weighted by atomic mass is 10.1. The third-order valence-corrected chi connectivity index (χ3v) is 7.32. The maximum atomic E-state index is 13.5. The highest BCUT2D eigenvalue weighted by Crippen LogP contribution is 2.31. The largest absolute Gasteiger partial charge is 0.491 e. The zero-order valence-electron chi connectivity index (χ0n) is 18.0. The molecule has 34 heavy (non-hydrogen) atoms. The summed E-state index contributed by atoms with van der Waals surface area (Å²) in [6.45, 7) is 0.103. The van der Waals surface area contributed by atoms with E-state index in [1.807, 2.05) is 23.6 Å². The van der Waals surface area contributed by atoms with Crippen LogP contribution in [0.2, 0.25) is 0 Å². The molecule has 1 aromatic carbocycles. The number of fused-ring (bicyclic) bond motifs is 1. The number of hydrogen-bond donors (Lipinski definition) is 2. The Balaban J connectivity index is 1.43. The number of carbonyl (C=O) groups is 2. The SMILES string of the molecule is O=C1N[C@H](c2ccc(OCCO)cc2)C(=O)N1[C@@H](Cc1cccs1)C1=NC2=CC(I)=CCC2=N1. The lowest BCUT2D eigenvalue weighted by Gasteiger charge is -2.23. The van der Waals surface area contributed by atoms with Gasteiger partial charge in [-0.2, -0.15) is 0 Å². The number of carbonyl (C=O) groups excluding carboxylic acids is 2. The van der Waals surface area contributed by atoms with Gasteiger partial charge in [-0.15, -0.1) is 11.3 Å². The van der Waals surface area contributed by atoms with Crippen molar-refractivity contribution in [2.24, 2.45) is 9.98 Å². The molecule has 5 rings (SSSR count). The number of imide groups is 1. The van der Waals surface area contributed by atoms with Gasteiger partial charge in [0, 0.05) is 21.3 Å². The summed E-state index contributed by atoms with van der Waals surface area (Å²) in [4.78, 5) is 38.3. The molecule has 0 spiro atoms. The number of hydrogen-bond acceptors (Lipinski definition) is 7. The molecule has 1 fully saturated rings. The molecular formula is C24H21IN4O4S. The van der Waals surface area contributed by atoms with E-state index >= 15 is 0 Å². The molecule has 0 unspecified atom stereocenters. The highest BCUT2D eigenvalue weighted by Gasteiger charge is 2.45. The molecule has 0 bridgehead atoms. The van der Waals surface area contributed by atoms with Crippen molar-refractivity contribution < 1.29 is 19.4 Å². The molecule has 2 atom stereocenters. The van der Waals surface area contributed by atoms with Gasteiger partial charge in [0.2, 0.25) is 0 Å². The van der Waals surface area contributed by atoms with Crippen molar-refractivity contribution in [3.05, 3.63) is 73.6 Å². The Kier molecular flexibility index (Phi) is 6.61. The predicted molar refractivity (Wildman–Crippen MR) is 139 cm³/mol. The van der Waals surface area contributed by atoms with E-state index in [9.17, 15) is 9.59 Å². The van der Waals surface area contributed by atoms with Crippen LogP contribution in [-0.4, -0.2) is 52.7 Å². The standard InChI is InChI=1S/C24H21IN4O4S/c25-15-5-8-18-19(12-15)27-22(26-18)20(13-17-2-1-11-34-17)29-23(31)21(28-24(29)32)14-3-6-16(7-4-14)33-10-9-30/h1-7,11-12,20-21,30H,8-10,13H2,(H,28,32)/t20-,21+/m0/s1.